The van der Waals surface area contributed by atoms with E-state index in [0.717, 1.165) is 0 Å². The number of ether oxygens (including phenoxy) is 1. The van der Waals surface area contributed by atoms with Gasteiger partial charge in [-0.2, -0.15) is 0 Å². The second kappa shape index (κ2) is 6.23. The molecule has 1 N–H and O–H groups in total. The Morgan fingerprint density at radius 3 is 2.71 bits per heavy atom. The molecule has 1 amide bonds. The molecule has 0 radical (unpaired) electrons. The first-order valence-corrected chi connectivity index (χ1v) is 6.28. The Bertz CT molecular complexity index is 703. The number of nitrogens with zero attached hydrogens (tertiary/aromatic N) is 1. The van der Waals surface area contributed by atoms with Crippen LogP contribution in [0.15, 0.2) is 42.5 Å². The molecule has 0 aliphatic heterocycles. The van der Waals surface area contributed by atoms with E-state index in [1.807, 2.05) is 0 Å². The van der Waals surface area contributed by atoms with Crippen molar-refractivity contribution in [1.29, 1.82) is 0 Å². The molecule has 0 aliphatic carbocycles. The molecule has 0 heterocycles. The predicted molar refractivity (Wildman–Crippen MR) is 79.1 cm³/mol. The average Bonchev–Trinajstić information content (AvgIpc) is 2.49. The molecule has 7 heteroatoms. The minimum atomic E-state index is -0.558. The summed E-state index contributed by atoms with van der Waals surface area (Å²) >= 11 is 5.93. The molecule has 0 atom stereocenters. The third-order valence-electron chi connectivity index (χ3n) is 2.74. The van der Waals surface area contributed by atoms with E-state index in [-0.39, 0.29) is 16.4 Å². The summed E-state index contributed by atoms with van der Waals surface area (Å²) in [5.74, 6) is 0.101. The number of carbonyl (C=O) groups excluding carboxylic acids is 1. The molecule has 2 aromatic rings. The topological polar surface area (TPSA) is 81.5 Å². The molecule has 0 saturated carbocycles. The van der Waals surface area contributed by atoms with Gasteiger partial charge in [0.25, 0.3) is 11.6 Å². The first kappa shape index (κ1) is 14.8. The molecule has 21 heavy (non-hydrogen) atoms. The lowest BCUT2D eigenvalue weighted by atomic mass is 10.2. The van der Waals surface area contributed by atoms with E-state index in [2.05, 4.69) is 5.32 Å². The summed E-state index contributed by atoms with van der Waals surface area (Å²) in [6.45, 7) is 0. The number of carbonyl (C=O) groups is 1. The van der Waals surface area contributed by atoms with Gasteiger partial charge in [-0.1, -0.05) is 17.7 Å². The van der Waals surface area contributed by atoms with Gasteiger partial charge in [0.05, 0.1) is 22.7 Å². The number of amides is 1. The number of methoxy groups -OCH3 is 1. The van der Waals surface area contributed by atoms with Crippen LogP contribution in [-0.4, -0.2) is 17.9 Å². The highest BCUT2D eigenvalue weighted by Gasteiger charge is 2.13. The van der Waals surface area contributed by atoms with Crippen molar-refractivity contribution in [2.24, 2.45) is 0 Å². The summed E-state index contributed by atoms with van der Waals surface area (Å²) in [4.78, 5) is 22.3. The van der Waals surface area contributed by atoms with E-state index in [1.165, 1.54) is 25.3 Å². The van der Waals surface area contributed by atoms with Crippen LogP contribution >= 0.6 is 11.6 Å². The number of non-ortho nitro benzene ring substituents is 1. The number of hydrogen-bond acceptors (Lipinski definition) is 4. The number of nitro benzene ring substituents is 1. The van der Waals surface area contributed by atoms with E-state index in [4.69, 9.17) is 16.3 Å². The third kappa shape index (κ3) is 3.49. The summed E-state index contributed by atoms with van der Waals surface area (Å²) in [6.07, 6.45) is 0. The highest BCUT2D eigenvalue weighted by molar-refractivity contribution is 6.34. The molecule has 2 aromatic carbocycles. The van der Waals surface area contributed by atoms with Crippen molar-refractivity contribution >= 4 is 28.9 Å². The Morgan fingerprint density at radius 2 is 2.05 bits per heavy atom. The second-order valence-electron chi connectivity index (χ2n) is 4.11. The molecule has 0 unspecified atom stereocenters. The molecular formula is C14H11ClN2O4. The molecular weight excluding hydrogens is 296 g/mol. The molecule has 0 saturated heterocycles. The van der Waals surface area contributed by atoms with Gasteiger partial charge in [0.1, 0.15) is 5.75 Å². The first-order valence-electron chi connectivity index (χ1n) is 5.90. The molecule has 6 nitrogen and oxygen atoms in total. The van der Waals surface area contributed by atoms with Crippen molar-refractivity contribution in [1.82, 2.24) is 0 Å². The molecule has 0 bridgehead atoms. The molecule has 2 rings (SSSR count). The van der Waals surface area contributed by atoms with Crippen molar-refractivity contribution < 1.29 is 14.5 Å². The lowest BCUT2D eigenvalue weighted by Crippen LogP contribution is -2.12. The standard InChI is InChI=1S/C14H11ClN2O4/c1-21-11-4-2-3-9(7-11)14(18)16-13-8-10(17(19)20)5-6-12(13)15/h2-8H,1H3,(H,16,18). The van der Waals surface area contributed by atoms with Gasteiger partial charge >= 0.3 is 0 Å². The maximum atomic E-state index is 12.1. The van der Waals surface area contributed by atoms with Crippen LogP contribution in [0.1, 0.15) is 10.4 Å². The van der Waals surface area contributed by atoms with Crippen molar-refractivity contribution in [3.63, 3.8) is 0 Å². The molecule has 0 aromatic heterocycles. The predicted octanol–water partition coefficient (Wildman–Crippen LogP) is 3.51. The number of hydrogen-bond donors (Lipinski definition) is 1. The number of rotatable bonds is 4. The highest BCUT2D eigenvalue weighted by atomic mass is 35.5. The fourth-order valence-electron chi connectivity index (χ4n) is 1.68. The lowest BCUT2D eigenvalue weighted by molar-refractivity contribution is -0.384. The minimum absolute atomic E-state index is 0.152. The Morgan fingerprint density at radius 1 is 1.29 bits per heavy atom. The Labute approximate surface area is 125 Å². The van der Waals surface area contributed by atoms with E-state index in [9.17, 15) is 14.9 Å². The lowest BCUT2D eigenvalue weighted by Gasteiger charge is -2.08. The summed E-state index contributed by atoms with van der Waals surface area (Å²) in [6, 6.07) is 10.4. The SMILES string of the molecule is COc1cccc(C(=O)Nc2cc([N+](=O)[O-])ccc2Cl)c1. The number of nitro groups is 1. The fraction of sp³-hybridized carbons (Fsp3) is 0.0714. The summed E-state index contributed by atoms with van der Waals surface area (Å²) in [7, 11) is 1.49. The molecule has 0 aliphatic rings. The highest BCUT2D eigenvalue weighted by Crippen LogP contribution is 2.27. The zero-order valence-corrected chi connectivity index (χ0v) is 11.8. The average molecular weight is 307 g/mol. The first-order chi connectivity index (χ1) is 10.0. The van der Waals surface area contributed by atoms with E-state index >= 15 is 0 Å². The molecule has 0 fully saturated rings. The van der Waals surface area contributed by atoms with Crippen molar-refractivity contribution in [3.05, 3.63) is 63.2 Å². The quantitative estimate of drug-likeness (QED) is 0.692. The van der Waals surface area contributed by atoms with Gasteiger partial charge in [-0.25, -0.2) is 0 Å². The van der Waals surface area contributed by atoms with Crippen LogP contribution in [0.5, 0.6) is 5.75 Å². The van der Waals surface area contributed by atoms with Crippen molar-refractivity contribution in [2.45, 2.75) is 0 Å². The zero-order chi connectivity index (χ0) is 15.4. The molecule has 108 valence electrons. The summed E-state index contributed by atoms with van der Waals surface area (Å²) in [5.41, 5.74) is 0.385. The third-order valence-corrected chi connectivity index (χ3v) is 3.07. The van der Waals surface area contributed by atoms with E-state index in [1.54, 1.807) is 24.3 Å². The van der Waals surface area contributed by atoms with Crippen LogP contribution in [0, 0.1) is 10.1 Å². The van der Waals surface area contributed by atoms with E-state index in [0.29, 0.717) is 11.3 Å². The van der Waals surface area contributed by atoms with Gasteiger partial charge in [-0.3, -0.25) is 14.9 Å². The van der Waals surface area contributed by atoms with E-state index < -0.39 is 10.8 Å². The Balaban J connectivity index is 2.26. The van der Waals surface area contributed by atoms with Gasteiger partial charge in [0, 0.05) is 17.7 Å². The normalized spacial score (nSPS) is 10.0. The monoisotopic (exact) mass is 306 g/mol. The molecule has 0 spiro atoms. The van der Waals surface area contributed by atoms with Gasteiger partial charge in [-0.05, 0) is 24.3 Å². The van der Waals surface area contributed by atoms with Crippen LogP contribution in [0.3, 0.4) is 0 Å². The smallest absolute Gasteiger partial charge is 0.271 e. The van der Waals surface area contributed by atoms with Crippen LogP contribution in [0.25, 0.3) is 0 Å². The number of anilines is 1. The second-order valence-corrected chi connectivity index (χ2v) is 4.51. The van der Waals surface area contributed by atoms with Crippen molar-refractivity contribution in [3.8, 4) is 5.75 Å². The zero-order valence-electron chi connectivity index (χ0n) is 11.0. The summed E-state index contributed by atoms with van der Waals surface area (Å²) < 4.78 is 5.03. The van der Waals surface area contributed by atoms with Crippen LogP contribution in [0.4, 0.5) is 11.4 Å². The number of nitrogens with one attached hydrogen (secondary N) is 1. The van der Waals surface area contributed by atoms with Crippen LogP contribution in [0.2, 0.25) is 5.02 Å². The fourth-order valence-corrected chi connectivity index (χ4v) is 1.85. The Kier molecular flexibility index (Phi) is 4.39. The minimum Gasteiger partial charge on any atom is -0.497 e. The van der Waals surface area contributed by atoms with Crippen molar-refractivity contribution in [2.75, 3.05) is 12.4 Å². The van der Waals surface area contributed by atoms with Crippen LogP contribution < -0.4 is 10.1 Å². The number of benzene rings is 2. The van der Waals surface area contributed by atoms with Gasteiger partial charge in [-0.15, -0.1) is 0 Å². The maximum absolute atomic E-state index is 12.1. The summed E-state index contributed by atoms with van der Waals surface area (Å²) in [5, 5.41) is 13.5. The largest absolute Gasteiger partial charge is 0.497 e. The van der Waals surface area contributed by atoms with Gasteiger partial charge in [0.15, 0.2) is 0 Å². The van der Waals surface area contributed by atoms with Crippen LogP contribution in [-0.2, 0) is 0 Å². The van der Waals surface area contributed by atoms with Gasteiger partial charge in [0.2, 0.25) is 0 Å². The Hall–Kier alpha value is -2.60. The number of halogens is 1. The van der Waals surface area contributed by atoms with Gasteiger partial charge < -0.3 is 10.1 Å². The maximum Gasteiger partial charge on any atom is 0.271 e.